The average molecular weight is 420 g/mol. The van der Waals surface area contributed by atoms with Crippen LogP contribution in [0.4, 0.5) is 8.78 Å². The van der Waals surface area contributed by atoms with E-state index < -0.39 is 11.6 Å². The number of nitrogens with zero attached hydrogens (tertiary/aromatic N) is 4. The SMILES string of the molecule is Cn1cc2c(-c3cc(F)c(CN4Cc5ncccc5C4=O)c(F)c3)ccc(CO)c2n1. The molecular weight excluding hydrogens is 402 g/mol. The fourth-order valence-corrected chi connectivity index (χ4v) is 4.06. The number of aryl methyl sites for hydroxylation is 1. The number of pyridine rings is 1. The van der Waals surface area contributed by atoms with E-state index in [-0.39, 0.29) is 31.2 Å². The summed E-state index contributed by atoms with van der Waals surface area (Å²) in [5, 5.41) is 14.6. The highest BCUT2D eigenvalue weighted by molar-refractivity contribution is 5.98. The largest absolute Gasteiger partial charge is 0.392 e. The number of carbonyl (C=O) groups excluding carboxylic acids is 1. The molecule has 0 aliphatic carbocycles. The molecule has 8 heteroatoms. The summed E-state index contributed by atoms with van der Waals surface area (Å²) >= 11 is 0. The third-order valence-corrected chi connectivity index (χ3v) is 5.59. The molecule has 0 spiro atoms. The highest BCUT2D eigenvalue weighted by Crippen LogP contribution is 2.33. The normalized spacial score (nSPS) is 13.3. The zero-order chi connectivity index (χ0) is 21.7. The summed E-state index contributed by atoms with van der Waals surface area (Å²) in [5.41, 5.74) is 3.09. The van der Waals surface area contributed by atoms with Gasteiger partial charge in [-0.2, -0.15) is 5.10 Å². The standard InChI is InChI=1S/C23H18F2N4O2/c1-28-9-17-15(5-4-13(12-30)22(17)27-28)14-7-19(24)18(20(25)8-14)10-29-11-21-16(23(29)31)3-2-6-26-21/h2-9,30H,10-12H2,1H3. The van der Waals surface area contributed by atoms with Crippen LogP contribution in [0, 0.1) is 11.6 Å². The van der Waals surface area contributed by atoms with Crippen molar-refractivity contribution < 1.29 is 18.7 Å². The van der Waals surface area contributed by atoms with Crippen LogP contribution < -0.4 is 0 Å². The lowest BCUT2D eigenvalue weighted by atomic mass is 9.98. The fraction of sp³-hybridized carbons (Fsp3) is 0.174. The van der Waals surface area contributed by atoms with E-state index in [0.717, 1.165) is 0 Å². The van der Waals surface area contributed by atoms with E-state index in [4.69, 9.17) is 0 Å². The Bertz CT molecular complexity index is 1330. The monoisotopic (exact) mass is 420 g/mol. The second-order valence-corrected chi connectivity index (χ2v) is 7.57. The van der Waals surface area contributed by atoms with Gasteiger partial charge >= 0.3 is 0 Å². The maximum absolute atomic E-state index is 15.0. The number of benzene rings is 2. The van der Waals surface area contributed by atoms with Crippen LogP contribution in [0.25, 0.3) is 22.0 Å². The molecule has 6 nitrogen and oxygen atoms in total. The van der Waals surface area contributed by atoms with Crippen molar-refractivity contribution in [1.82, 2.24) is 19.7 Å². The number of halogens is 2. The van der Waals surface area contributed by atoms with Crippen LogP contribution in [-0.4, -0.2) is 30.7 Å². The van der Waals surface area contributed by atoms with Gasteiger partial charge in [0.2, 0.25) is 0 Å². The second kappa shape index (κ2) is 7.24. The summed E-state index contributed by atoms with van der Waals surface area (Å²) in [5.74, 6) is -1.74. The molecule has 1 aliphatic rings. The summed E-state index contributed by atoms with van der Waals surface area (Å²) in [6.45, 7) is -0.149. The lowest BCUT2D eigenvalue weighted by Gasteiger charge is -2.17. The Morgan fingerprint density at radius 3 is 2.61 bits per heavy atom. The van der Waals surface area contributed by atoms with Crippen molar-refractivity contribution in [3.05, 3.63) is 82.8 Å². The zero-order valence-electron chi connectivity index (χ0n) is 16.6. The summed E-state index contributed by atoms with van der Waals surface area (Å²) in [6, 6.07) is 9.28. The Hall–Kier alpha value is -3.65. The van der Waals surface area contributed by atoms with Crippen molar-refractivity contribution in [3.8, 4) is 11.1 Å². The predicted molar refractivity (Wildman–Crippen MR) is 110 cm³/mol. The van der Waals surface area contributed by atoms with Gasteiger partial charge in [-0.05, 0) is 35.4 Å². The third kappa shape index (κ3) is 3.16. The Morgan fingerprint density at radius 2 is 1.90 bits per heavy atom. The first kappa shape index (κ1) is 19.3. The van der Waals surface area contributed by atoms with Crippen LogP contribution in [0.15, 0.2) is 48.8 Å². The van der Waals surface area contributed by atoms with Crippen LogP contribution >= 0.6 is 0 Å². The minimum atomic E-state index is -0.727. The number of fused-ring (bicyclic) bond motifs is 2. The van der Waals surface area contributed by atoms with E-state index >= 15 is 8.78 Å². The van der Waals surface area contributed by atoms with Gasteiger partial charge in [0.25, 0.3) is 5.91 Å². The minimum Gasteiger partial charge on any atom is -0.392 e. The molecule has 0 bridgehead atoms. The van der Waals surface area contributed by atoms with Crippen molar-refractivity contribution in [1.29, 1.82) is 0 Å². The first-order valence-electron chi connectivity index (χ1n) is 9.74. The van der Waals surface area contributed by atoms with Crippen molar-refractivity contribution in [2.75, 3.05) is 0 Å². The maximum Gasteiger partial charge on any atom is 0.256 e. The van der Waals surface area contributed by atoms with Gasteiger partial charge in [-0.1, -0.05) is 12.1 Å². The van der Waals surface area contributed by atoms with Gasteiger partial charge in [0.15, 0.2) is 0 Å². The molecular formula is C23H18F2N4O2. The molecule has 0 unspecified atom stereocenters. The number of rotatable bonds is 4. The number of aromatic nitrogens is 3. The van der Waals surface area contributed by atoms with E-state index in [0.29, 0.717) is 38.9 Å². The number of amides is 1. The molecule has 1 amide bonds. The van der Waals surface area contributed by atoms with Gasteiger partial charge in [0.05, 0.1) is 36.5 Å². The molecule has 3 heterocycles. The molecule has 1 N–H and O–H groups in total. The summed E-state index contributed by atoms with van der Waals surface area (Å²) < 4.78 is 31.6. The molecule has 1 aliphatic heterocycles. The molecule has 0 atom stereocenters. The van der Waals surface area contributed by atoms with Gasteiger partial charge < -0.3 is 10.0 Å². The average Bonchev–Trinajstić information content (AvgIpc) is 3.29. The third-order valence-electron chi connectivity index (χ3n) is 5.59. The highest BCUT2D eigenvalue weighted by Gasteiger charge is 2.29. The van der Waals surface area contributed by atoms with E-state index in [1.165, 1.54) is 17.0 Å². The Kier molecular flexibility index (Phi) is 4.51. The van der Waals surface area contributed by atoms with Gasteiger partial charge in [-0.15, -0.1) is 0 Å². The molecule has 0 radical (unpaired) electrons. The van der Waals surface area contributed by atoms with Crippen LogP contribution in [-0.2, 0) is 26.7 Å². The molecule has 2 aromatic heterocycles. The predicted octanol–water partition coefficient (Wildman–Crippen LogP) is 3.56. The molecule has 0 saturated carbocycles. The molecule has 0 saturated heterocycles. The summed E-state index contributed by atoms with van der Waals surface area (Å²) in [6.07, 6.45) is 3.34. The first-order valence-corrected chi connectivity index (χ1v) is 9.74. The van der Waals surface area contributed by atoms with Crippen LogP contribution in [0.3, 0.4) is 0 Å². The van der Waals surface area contributed by atoms with Gasteiger partial charge in [0.1, 0.15) is 11.6 Å². The van der Waals surface area contributed by atoms with Crippen LogP contribution in [0.5, 0.6) is 0 Å². The van der Waals surface area contributed by atoms with E-state index in [2.05, 4.69) is 10.1 Å². The van der Waals surface area contributed by atoms with Gasteiger partial charge in [0, 0.05) is 36.0 Å². The van der Waals surface area contributed by atoms with Gasteiger partial charge in [-0.3, -0.25) is 14.5 Å². The number of aliphatic hydroxyl groups is 1. The van der Waals surface area contributed by atoms with Gasteiger partial charge in [-0.25, -0.2) is 8.78 Å². The van der Waals surface area contributed by atoms with Crippen LogP contribution in [0.2, 0.25) is 0 Å². The summed E-state index contributed by atoms with van der Waals surface area (Å²) in [7, 11) is 1.75. The second-order valence-electron chi connectivity index (χ2n) is 7.57. The Balaban J connectivity index is 1.51. The molecule has 5 rings (SSSR count). The maximum atomic E-state index is 15.0. The molecule has 2 aromatic carbocycles. The Morgan fingerprint density at radius 1 is 1.13 bits per heavy atom. The Labute approximate surface area is 176 Å². The van der Waals surface area contributed by atoms with E-state index in [1.54, 1.807) is 48.4 Å². The lowest BCUT2D eigenvalue weighted by Crippen LogP contribution is -2.24. The first-order chi connectivity index (χ1) is 15.0. The smallest absolute Gasteiger partial charge is 0.256 e. The van der Waals surface area contributed by atoms with E-state index in [1.807, 2.05) is 0 Å². The summed E-state index contributed by atoms with van der Waals surface area (Å²) in [4.78, 5) is 18.1. The van der Waals surface area contributed by atoms with Crippen molar-refractivity contribution in [3.63, 3.8) is 0 Å². The zero-order valence-corrected chi connectivity index (χ0v) is 16.6. The number of hydrogen-bond donors (Lipinski definition) is 1. The topological polar surface area (TPSA) is 71.2 Å². The van der Waals surface area contributed by atoms with Crippen molar-refractivity contribution >= 4 is 16.8 Å². The molecule has 0 fully saturated rings. The molecule has 156 valence electrons. The fourth-order valence-electron chi connectivity index (χ4n) is 4.06. The van der Waals surface area contributed by atoms with E-state index in [9.17, 15) is 9.90 Å². The van der Waals surface area contributed by atoms with Crippen molar-refractivity contribution in [2.24, 2.45) is 7.05 Å². The highest BCUT2D eigenvalue weighted by atomic mass is 19.1. The molecule has 31 heavy (non-hydrogen) atoms. The number of hydrogen-bond acceptors (Lipinski definition) is 4. The minimum absolute atomic E-state index is 0.167. The molecule has 4 aromatic rings. The quantitative estimate of drug-likeness (QED) is 0.548. The number of carbonyl (C=O) groups is 1. The number of aliphatic hydroxyl groups excluding tert-OH is 1. The van der Waals surface area contributed by atoms with Crippen molar-refractivity contribution in [2.45, 2.75) is 19.7 Å². The van der Waals surface area contributed by atoms with Crippen LogP contribution in [0.1, 0.15) is 27.2 Å². The lowest BCUT2D eigenvalue weighted by molar-refractivity contribution is 0.0763.